The number of hydrogen-bond acceptors (Lipinski definition) is 5. The maximum absolute atomic E-state index is 12.2. The number of Topliss-reactive ketones (excluding diaryl/α,β-unsaturated/α-hetero) is 1. The van der Waals surface area contributed by atoms with Crippen LogP contribution >= 0.6 is 0 Å². The molecule has 0 aromatic heterocycles. The Morgan fingerprint density at radius 1 is 1.22 bits per heavy atom. The number of hydrogen-bond donors (Lipinski definition) is 0. The number of para-hydroxylation sites is 1. The van der Waals surface area contributed by atoms with E-state index in [4.69, 9.17) is 4.74 Å². The highest BCUT2D eigenvalue weighted by Gasteiger charge is 2.41. The van der Waals surface area contributed by atoms with Gasteiger partial charge in [-0.2, -0.15) is 0 Å². The van der Waals surface area contributed by atoms with Crippen LogP contribution in [-0.2, 0) is 15.1 Å². The molecular formula is C21H20N2O4. The zero-order chi connectivity index (χ0) is 19.0. The van der Waals surface area contributed by atoms with E-state index in [-0.39, 0.29) is 11.6 Å². The van der Waals surface area contributed by atoms with Gasteiger partial charge in [-0.05, 0) is 38.0 Å². The van der Waals surface area contributed by atoms with Gasteiger partial charge in [0, 0.05) is 42.0 Å². The minimum atomic E-state index is -0.667. The van der Waals surface area contributed by atoms with Gasteiger partial charge in [0.1, 0.15) is 11.4 Å². The molecule has 6 heteroatoms. The molecule has 1 heterocycles. The fourth-order valence-electron chi connectivity index (χ4n) is 3.99. The fraction of sp³-hybridized carbons (Fsp3) is 0.333. The minimum Gasteiger partial charge on any atom is -0.466 e. The van der Waals surface area contributed by atoms with Crippen LogP contribution in [-0.4, -0.2) is 16.6 Å². The molecule has 0 saturated heterocycles. The monoisotopic (exact) mass is 364 g/mol. The smallest absolute Gasteiger partial charge is 0.269 e. The SMILES string of the molecule is CC1(CC2CCCC2=O)OC(c2ccc([N+](=O)[O-])cc2)=Nc2ccccc21. The second-order valence-corrected chi connectivity index (χ2v) is 7.33. The molecule has 138 valence electrons. The van der Waals surface area contributed by atoms with E-state index in [1.165, 1.54) is 12.1 Å². The molecule has 4 rings (SSSR count). The molecule has 2 aromatic carbocycles. The molecule has 0 N–H and O–H groups in total. The first-order valence-corrected chi connectivity index (χ1v) is 9.11. The lowest BCUT2D eigenvalue weighted by molar-refractivity contribution is -0.384. The number of carbonyl (C=O) groups is 1. The Morgan fingerprint density at radius 2 is 1.96 bits per heavy atom. The van der Waals surface area contributed by atoms with Crippen LogP contribution in [0.25, 0.3) is 0 Å². The third-order valence-electron chi connectivity index (χ3n) is 5.41. The Bertz CT molecular complexity index is 935. The van der Waals surface area contributed by atoms with Crippen molar-refractivity contribution in [3.05, 3.63) is 69.8 Å². The number of aliphatic imine (C=N–C) groups is 1. The minimum absolute atomic E-state index is 0.000679. The number of ether oxygens (including phenoxy) is 1. The van der Waals surface area contributed by atoms with Crippen molar-refractivity contribution in [2.45, 2.75) is 38.2 Å². The molecule has 0 spiro atoms. The predicted octanol–water partition coefficient (Wildman–Crippen LogP) is 4.68. The number of fused-ring (bicyclic) bond motifs is 1. The van der Waals surface area contributed by atoms with Crippen LogP contribution in [0.4, 0.5) is 11.4 Å². The third kappa shape index (κ3) is 3.23. The second kappa shape index (κ2) is 6.61. The van der Waals surface area contributed by atoms with Crippen LogP contribution in [0.5, 0.6) is 0 Å². The Morgan fingerprint density at radius 3 is 2.63 bits per heavy atom. The standard InChI is InChI=1S/C21H20N2O4/c1-21(13-15-5-4-8-19(15)24)17-6-2-3-7-18(17)22-20(27-21)14-9-11-16(12-10-14)23(25)26/h2-3,6-7,9-12,15H,4-5,8,13H2,1H3. The first kappa shape index (κ1) is 17.4. The maximum Gasteiger partial charge on any atom is 0.269 e. The molecule has 0 bridgehead atoms. The summed E-state index contributed by atoms with van der Waals surface area (Å²) in [5.74, 6) is 0.729. The molecule has 2 aromatic rings. The highest BCUT2D eigenvalue weighted by atomic mass is 16.6. The van der Waals surface area contributed by atoms with Crippen molar-refractivity contribution in [1.82, 2.24) is 0 Å². The van der Waals surface area contributed by atoms with Crippen LogP contribution in [0.3, 0.4) is 0 Å². The average Bonchev–Trinajstić information content (AvgIpc) is 3.06. The van der Waals surface area contributed by atoms with E-state index in [0.717, 1.165) is 24.1 Å². The van der Waals surface area contributed by atoms with Gasteiger partial charge in [-0.1, -0.05) is 18.2 Å². The van der Waals surface area contributed by atoms with Crippen molar-refractivity contribution in [2.75, 3.05) is 0 Å². The molecule has 27 heavy (non-hydrogen) atoms. The second-order valence-electron chi connectivity index (χ2n) is 7.33. The van der Waals surface area contributed by atoms with Gasteiger partial charge in [0.25, 0.3) is 5.69 Å². The van der Waals surface area contributed by atoms with E-state index >= 15 is 0 Å². The quantitative estimate of drug-likeness (QED) is 0.583. The molecule has 1 fully saturated rings. The number of nitro groups is 1. The normalized spacial score (nSPS) is 24.1. The van der Waals surface area contributed by atoms with Gasteiger partial charge in [-0.3, -0.25) is 14.9 Å². The number of nitro benzene ring substituents is 1. The van der Waals surface area contributed by atoms with Gasteiger partial charge in [0.2, 0.25) is 5.90 Å². The lowest BCUT2D eigenvalue weighted by atomic mass is 9.83. The lowest BCUT2D eigenvalue weighted by Crippen LogP contribution is -2.35. The van der Waals surface area contributed by atoms with E-state index in [1.54, 1.807) is 12.1 Å². The summed E-state index contributed by atoms with van der Waals surface area (Å²) in [7, 11) is 0. The van der Waals surface area contributed by atoms with Crippen molar-refractivity contribution in [3.63, 3.8) is 0 Å². The number of rotatable bonds is 4. The molecule has 1 aliphatic carbocycles. The zero-order valence-corrected chi connectivity index (χ0v) is 15.1. The summed E-state index contributed by atoms with van der Waals surface area (Å²) in [6.07, 6.45) is 3.08. The number of nitrogens with zero attached hydrogens (tertiary/aromatic N) is 2. The molecule has 1 saturated carbocycles. The van der Waals surface area contributed by atoms with Crippen LogP contribution in [0.1, 0.15) is 43.7 Å². The first-order chi connectivity index (χ1) is 13.0. The number of ketones is 1. The molecule has 2 atom stereocenters. The van der Waals surface area contributed by atoms with Gasteiger partial charge in [0.05, 0.1) is 10.6 Å². The summed E-state index contributed by atoms with van der Waals surface area (Å²) in [5, 5.41) is 10.9. The molecule has 2 unspecified atom stereocenters. The van der Waals surface area contributed by atoms with E-state index in [0.29, 0.717) is 30.1 Å². The summed E-state index contributed by atoms with van der Waals surface area (Å²) in [6, 6.07) is 14.0. The third-order valence-corrected chi connectivity index (χ3v) is 5.41. The number of carbonyl (C=O) groups excluding carboxylic acids is 1. The average molecular weight is 364 g/mol. The predicted molar refractivity (Wildman–Crippen MR) is 101 cm³/mol. The van der Waals surface area contributed by atoms with Crippen molar-refractivity contribution in [3.8, 4) is 0 Å². The molecule has 1 aliphatic heterocycles. The summed E-state index contributed by atoms with van der Waals surface area (Å²) in [4.78, 5) is 27.3. The fourth-order valence-corrected chi connectivity index (χ4v) is 3.99. The molecule has 2 aliphatic rings. The van der Waals surface area contributed by atoms with Gasteiger partial charge < -0.3 is 4.74 Å². The summed E-state index contributed by atoms with van der Waals surface area (Å²) < 4.78 is 6.32. The van der Waals surface area contributed by atoms with Crippen LogP contribution in [0.2, 0.25) is 0 Å². The summed E-state index contributed by atoms with van der Waals surface area (Å²) in [5.41, 5.74) is 1.81. The van der Waals surface area contributed by atoms with Crippen LogP contribution in [0, 0.1) is 16.0 Å². The van der Waals surface area contributed by atoms with Gasteiger partial charge in [0.15, 0.2) is 0 Å². The van der Waals surface area contributed by atoms with E-state index < -0.39 is 10.5 Å². The van der Waals surface area contributed by atoms with Crippen molar-refractivity contribution < 1.29 is 14.5 Å². The topological polar surface area (TPSA) is 81.8 Å². The van der Waals surface area contributed by atoms with Gasteiger partial charge in [-0.15, -0.1) is 0 Å². The van der Waals surface area contributed by atoms with Gasteiger partial charge >= 0.3 is 0 Å². The largest absolute Gasteiger partial charge is 0.466 e. The first-order valence-electron chi connectivity index (χ1n) is 9.11. The van der Waals surface area contributed by atoms with Gasteiger partial charge in [-0.25, -0.2) is 4.99 Å². The molecular weight excluding hydrogens is 344 g/mol. The maximum atomic E-state index is 12.2. The highest BCUT2D eigenvalue weighted by molar-refractivity contribution is 5.97. The molecule has 0 radical (unpaired) electrons. The zero-order valence-electron chi connectivity index (χ0n) is 15.1. The van der Waals surface area contributed by atoms with E-state index in [1.807, 2.05) is 31.2 Å². The number of benzene rings is 2. The Hall–Kier alpha value is -3.02. The van der Waals surface area contributed by atoms with Crippen LogP contribution < -0.4 is 0 Å². The number of non-ortho nitro benzene ring substituents is 1. The Balaban J connectivity index is 1.71. The Labute approximate surface area is 157 Å². The summed E-state index contributed by atoms with van der Waals surface area (Å²) >= 11 is 0. The van der Waals surface area contributed by atoms with Crippen molar-refractivity contribution >= 4 is 23.1 Å². The van der Waals surface area contributed by atoms with Crippen LogP contribution in [0.15, 0.2) is 53.5 Å². The highest BCUT2D eigenvalue weighted by Crippen LogP contribution is 2.44. The summed E-state index contributed by atoms with van der Waals surface area (Å²) in [6.45, 7) is 2.00. The Kier molecular flexibility index (Phi) is 4.26. The molecule has 0 amide bonds. The lowest BCUT2D eigenvalue weighted by Gasteiger charge is -2.37. The van der Waals surface area contributed by atoms with Crippen molar-refractivity contribution in [2.24, 2.45) is 10.9 Å². The van der Waals surface area contributed by atoms with E-state index in [2.05, 4.69) is 4.99 Å². The van der Waals surface area contributed by atoms with E-state index in [9.17, 15) is 14.9 Å². The van der Waals surface area contributed by atoms with Crippen molar-refractivity contribution in [1.29, 1.82) is 0 Å². The molecule has 6 nitrogen and oxygen atoms in total.